The average Bonchev–Trinajstić information content (AvgIpc) is 2.82. The summed E-state index contributed by atoms with van der Waals surface area (Å²) in [6.45, 7) is 2.03. The van der Waals surface area contributed by atoms with E-state index in [2.05, 4.69) is 0 Å². The normalized spacial score (nSPS) is 13.0. The number of benzene rings is 2. The fourth-order valence-electron chi connectivity index (χ4n) is 2.68. The third-order valence-electron chi connectivity index (χ3n) is 3.58. The van der Waals surface area contributed by atoms with E-state index in [1.165, 1.54) is 0 Å². The van der Waals surface area contributed by atoms with Crippen LogP contribution in [0.15, 0.2) is 41.3 Å². The van der Waals surface area contributed by atoms with Gasteiger partial charge in [-0.3, -0.25) is 4.18 Å². The highest BCUT2D eigenvalue weighted by Crippen LogP contribution is 2.42. The van der Waals surface area contributed by atoms with E-state index in [4.69, 9.17) is 15.8 Å². The average molecular weight is 323 g/mol. The van der Waals surface area contributed by atoms with Crippen molar-refractivity contribution in [2.24, 2.45) is 0 Å². The van der Waals surface area contributed by atoms with E-state index < -0.39 is 10.1 Å². The van der Waals surface area contributed by atoms with Crippen LogP contribution < -0.4 is 0 Å². The molecule has 0 fully saturated rings. The lowest BCUT2D eigenvalue weighted by Crippen LogP contribution is -2.10. The molecule has 0 aromatic heterocycles. The van der Waals surface area contributed by atoms with Crippen LogP contribution in [0, 0.1) is 0 Å². The van der Waals surface area contributed by atoms with E-state index in [0.717, 1.165) is 22.3 Å². The molecule has 0 radical (unpaired) electrons. The molecule has 0 unspecified atom stereocenters. The molecule has 5 heteroatoms. The Bertz CT molecular complexity index is 797. The largest absolute Gasteiger partial charge is 0.298 e. The molecule has 0 spiro atoms. The van der Waals surface area contributed by atoms with Gasteiger partial charge in [0.1, 0.15) is 4.90 Å². The Labute approximate surface area is 129 Å². The lowest BCUT2D eigenvalue weighted by molar-refractivity contribution is 0.318. The minimum absolute atomic E-state index is 0.117. The van der Waals surface area contributed by atoms with E-state index in [9.17, 15) is 8.42 Å². The third-order valence-corrected chi connectivity index (χ3v) is 5.45. The summed E-state index contributed by atoms with van der Waals surface area (Å²) < 4.78 is 29.9. The van der Waals surface area contributed by atoms with Crippen LogP contribution in [0.4, 0.5) is 0 Å². The standard InChI is InChI=1S/C16H15ClO3S/c1-2-9-20-21(18,19)16-14-10-11-5-3-4-6-12(11)13(14)7-8-15(16)17/h3-8H,2,9-10H2,1H3. The molecule has 1 aliphatic rings. The van der Waals surface area contributed by atoms with E-state index in [-0.39, 0.29) is 16.5 Å². The fourth-order valence-corrected chi connectivity index (χ4v) is 4.43. The summed E-state index contributed by atoms with van der Waals surface area (Å²) in [4.78, 5) is 0.117. The molecule has 0 amide bonds. The molecule has 3 nitrogen and oxygen atoms in total. The van der Waals surface area contributed by atoms with E-state index in [1.54, 1.807) is 6.07 Å². The van der Waals surface area contributed by atoms with Crippen LogP contribution in [-0.2, 0) is 20.7 Å². The summed E-state index contributed by atoms with van der Waals surface area (Å²) in [7, 11) is -3.83. The molecule has 0 saturated carbocycles. The second-order valence-electron chi connectivity index (χ2n) is 5.01. The minimum atomic E-state index is -3.83. The molecule has 0 aliphatic heterocycles. The summed E-state index contributed by atoms with van der Waals surface area (Å²) >= 11 is 6.16. The first-order chi connectivity index (χ1) is 10.0. The molecule has 110 valence electrons. The quantitative estimate of drug-likeness (QED) is 0.681. The molecule has 21 heavy (non-hydrogen) atoms. The Hall–Kier alpha value is -1.36. The van der Waals surface area contributed by atoms with Crippen molar-refractivity contribution < 1.29 is 12.6 Å². The molecule has 0 atom stereocenters. The lowest BCUT2D eigenvalue weighted by atomic mass is 10.1. The maximum Gasteiger partial charge on any atom is 0.298 e. The number of hydrogen-bond donors (Lipinski definition) is 0. The molecular formula is C16H15ClO3S. The van der Waals surface area contributed by atoms with Crippen molar-refractivity contribution in [3.8, 4) is 11.1 Å². The van der Waals surface area contributed by atoms with Gasteiger partial charge in [-0.05, 0) is 34.7 Å². The highest BCUT2D eigenvalue weighted by molar-refractivity contribution is 7.87. The van der Waals surface area contributed by atoms with Crippen LogP contribution in [0.3, 0.4) is 0 Å². The Kier molecular flexibility index (Phi) is 3.78. The topological polar surface area (TPSA) is 43.4 Å². The summed E-state index contributed by atoms with van der Waals surface area (Å²) in [5.41, 5.74) is 3.84. The van der Waals surface area contributed by atoms with Crippen molar-refractivity contribution in [3.63, 3.8) is 0 Å². The smallest absolute Gasteiger partial charge is 0.266 e. The molecule has 3 rings (SSSR count). The molecule has 2 aromatic carbocycles. The maximum absolute atomic E-state index is 12.4. The first-order valence-corrected chi connectivity index (χ1v) is 8.62. The zero-order valence-corrected chi connectivity index (χ0v) is 13.2. The highest BCUT2D eigenvalue weighted by Gasteiger charge is 2.29. The van der Waals surface area contributed by atoms with Crippen LogP contribution in [0.5, 0.6) is 0 Å². The van der Waals surface area contributed by atoms with Gasteiger partial charge < -0.3 is 0 Å². The van der Waals surface area contributed by atoms with Crippen LogP contribution in [-0.4, -0.2) is 15.0 Å². The predicted molar refractivity (Wildman–Crippen MR) is 83.1 cm³/mol. The van der Waals surface area contributed by atoms with Gasteiger partial charge in [-0.1, -0.05) is 48.9 Å². The predicted octanol–water partition coefficient (Wildman–Crippen LogP) is 4.03. The Morgan fingerprint density at radius 1 is 1.14 bits per heavy atom. The van der Waals surface area contributed by atoms with Gasteiger partial charge in [0.05, 0.1) is 11.6 Å². The Balaban J connectivity index is 2.17. The fraction of sp³-hybridized carbons (Fsp3) is 0.250. The second kappa shape index (κ2) is 5.44. The third kappa shape index (κ3) is 2.48. The monoisotopic (exact) mass is 322 g/mol. The summed E-state index contributed by atoms with van der Waals surface area (Å²) in [6, 6.07) is 11.4. The van der Waals surface area contributed by atoms with Crippen molar-refractivity contribution in [3.05, 3.63) is 52.5 Å². The summed E-state index contributed by atoms with van der Waals surface area (Å²) in [6.07, 6.45) is 1.20. The Morgan fingerprint density at radius 3 is 2.67 bits per heavy atom. The lowest BCUT2D eigenvalue weighted by Gasteiger charge is -2.11. The van der Waals surface area contributed by atoms with Gasteiger partial charge in [-0.25, -0.2) is 0 Å². The number of fused-ring (bicyclic) bond motifs is 3. The Morgan fingerprint density at radius 2 is 1.90 bits per heavy atom. The van der Waals surface area contributed by atoms with E-state index in [1.807, 2.05) is 37.3 Å². The zero-order valence-electron chi connectivity index (χ0n) is 11.6. The van der Waals surface area contributed by atoms with Gasteiger partial charge in [0, 0.05) is 6.42 Å². The SMILES string of the molecule is CCCOS(=O)(=O)c1c(Cl)ccc2c1Cc1ccccc1-2. The zero-order chi connectivity index (χ0) is 15.0. The number of hydrogen-bond acceptors (Lipinski definition) is 3. The molecule has 2 aromatic rings. The molecule has 0 saturated heterocycles. The van der Waals surface area contributed by atoms with Crippen LogP contribution in [0.2, 0.25) is 5.02 Å². The van der Waals surface area contributed by atoms with Crippen molar-refractivity contribution in [1.82, 2.24) is 0 Å². The molecule has 0 bridgehead atoms. The van der Waals surface area contributed by atoms with Gasteiger partial charge in [-0.2, -0.15) is 8.42 Å². The molecule has 0 N–H and O–H groups in total. The van der Waals surface area contributed by atoms with Gasteiger partial charge in [0.25, 0.3) is 10.1 Å². The first kappa shape index (κ1) is 14.6. The van der Waals surface area contributed by atoms with Gasteiger partial charge >= 0.3 is 0 Å². The van der Waals surface area contributed by atoms with E-state index in [0.29, 0.717) is 12.8 Å². The van der Waals surface area contributed by atoms with E-state index >= 15 is 0 Å². The van der Waals surface area contributed by atoms with Gasteiger partial charge in [0.2, 0.25) is 0 Å². The van der Waals surface area contributed by atoms with Crippen molar-refractivity contribution >= 4 is 21.7 Å². The van der Waals surface area contributed by atoms with Crippen LogP contribution in [0.25, 0.3) is 11.1 Å². The summed E-state index contributed by atoms with van der Waals surface area (Å²) in [5.74, 6) is 0. The van der Waals surface area contributed by atoms with Gasteiger partial charge in [0.15, 0.2) is 0 Å². The highest BCUT2D eigenvalue weighted by atomic mass is 35.5. The molecule has 1 aliphatic carbocycles. The number of rotatable bonds is 4. The molecule has 0 heterocycles. The van der Waals surface area contributed by atoms with Crippen molar-refractivity contribution in [2.45, 2.75) is 24.7 Å². The summed E-state index contributed by atoms with van der Waals surface area (Å²) in [5, 5.41) is 0.220. The minimum Gasteiger partial charge on any atom is -0.266 e. The second-order valence-corrected chi connectivity index (χ2v) is 6.97. The van der Waals surface area contributed by atoms with Crippen LogP contribution >= 0.6 is 11.6 Å². The first-order valence-electron chi connectivity index (χ1n) is 6.83. The van der Waals surface area contributed by atoms with Crippen molar-refractivity contribution in [2.75, 3.05) is 6.61 Å². The maximum atomic E-state index is 12.4. The van der Waals surface area contributed by atoms with Gasteiger partial charge in [-0.15, -0.1) is 0 Å². The molecular weight excluding hydrogens is 308 g/mol. The number of halogens is 1. The van der Waals surface area contributed by atoms with Crippen LogP contribution in [0.1, 0.15) is 24.5 Å². The van der Waals surface area contributed by atoms with Crippen molar-refractivity contribution in [1.29, 1.82) is 0 Å².